The molecule has 0 spiro atoms. The Morgan fingerprint density at radius 3 is 1.88 bits per heavy atom. The molecule has 0 fully saturated rings. The van der Waals surface area contributed by atoms with E-state index in [4.69, 9.17) is 11.6 Å². The lowest BCUT2D eigenvalue weighted by molar-refractivity contribution is -0.350. The van der Waals surface area contributed by atoms with Gasteiger partial charge in [0.1, 0.15) is 11.6 Å². The van der Waals surface area contributed by atoms with E-state index in [0.717, 1.165) is 12.3 Å². The second kappa shape index (κ2) is 6.08. The first kappa shape index (κ1) is 19.4. The van der Waals surface area contributed by atoms with E-state index in [2.05, 4.69) is 4.98 Å². The van der Waals surface area contributed by atoms with Gasteiger partial charge >= 0.3 is 18.0 Å². The second-order valence-corrected chi connectivity index (χ2v) is 5.23. The highest BCUT2D eigenvalue weighted by Gasteiger charge is 2.75. The number of hydrogen-bond acceptors (Lipinski definition) is 1. The topological polar surface area (TPSA) is 12.9 Å². The third-order valence-electron chi connectivity index (χ3n) is 3.21. The summed E-state index contributed by atoms with van der Waals surface area (Å²) in [6.45, 7) is 0. The minimum atomic E-state index is -6.66. The molecule has 1 aromatic carbocycles. The van der Waals surface area contributed by atoms with E-state index in [1.165, 1.54) is 6.07 Å². The van der Waals surface area contributed by atoms with Crippen molar-refractivity contribution in [3.05, 3.63) is 52.7 Å². The second-order valence-electron chi connectivity index (χ2n) is 4.80. The molecule has 136 valence electrons. The first-order chi connectivity index (χ1) is 11.3. The summed E-state index contributed by atoms with van der Waals surface area (Å²) in [5.41, 5.74) is -10.5. The Morgan fingerprint density at radius 2 is 1.40 bits per heavy atom. The van der Waals surface area contributed by atoms with Gasteiger partial charge in [0.15, 0.2) is 0 Å². The van der Waals surface area contributed by atoms with E-state index < -0.39 is 46.5 Å². The van der Waals surface area contributed by atoms with Gasteiger partial charge in [-0.2, -0.15) is 26.3 Å². The van der Waals surface area contributed by atoms with E-state index in [1.807, 2.05) is 0 Å². The fourth-order valence-corrected chi connectivity index (χ4v) is 2.22. The third kappa shape index (κ3) is 3.14. The van der Waals surface area contributed by atoms with Crippen LogP contribution in [0, 0.1) is 11.6 Å². The summed E-state index contributed by atoms with van der Waals surface area (Å²) in [7, 11) is 0. The van der Waals surface area contributed by atoms with Gasteiger partial charge in [0, 0.05) is 16.8 Å². The standard InChI is InChI=1S/C14H5ClF9N/c15-6-3-4-25-9(5-6)7-1-2-8(16)10(11(7)17)12(18,13(19,20)21)14(22,23)24/h1-5H. The summed E-state index contributed by atoms with van der Waals surface area (Å²) in [5.74, 6) is -4.73. The molecule has 0 saturated carbocycles. The molecule has 0 unspecified atom stereocenters. The molecule has 2 aromatic rings. The molecule has 0 bridgehead atoms. The molecule has 1 heterocycles. The van der Waals surface area contributed by atoms with Crippen LogP contribution >= 0.6 is 11.6 Å². The van der Waals surface area contributed by atoms with Crippen LogP contribution in [0.25, 0.3) is 11.3 Å². The fraction of sp³-hybridized carbons (Fsp3) is 0.214. The molecular weight excluding hydrogens is 389 g/mol. The largest absolute Gasteiger partial charge is 0.436 e. The molecule has 0 saturated heterocycles. The summed E-state index contributed by atoms with van der Waals surface area (Å²) in [6.07, 6.45) is -12.3. The predicted molar refractivity (Wildman–Crippen MR) is 69.5 cm³/mol. The van der Waals surface area contributed by atoms with Gasteiger partial charge in [-0.25, -0.2) is 13.2 Å². The van der Waals surface area contributed by atoms with Crippen LogP contribution in [0.4, 0.5) is 39.5 Å². The first-order valence-corrected chi connectivity index (χ1v) is 6.61. The van der Waals surface area contributed by atoms with Crippen molar-refractivity contribution in [2.24, 2.45) is 0 Å². The summed E-state index contributed by atoms with van der Waals surface area (Å²) in [5, 5.41) is -0.0755. The summed E-state index contributed by atoms with van der Waals surface area (Å²) >= 11 is 5.58. The normalized spacial score (nSPS) is 13.2. The SMILES string of the molecule is Fc1ccc(-c2cc(Cl)ccn2)c(F)c1C(F)(C(F)(F)F)C(F)(F)F. The number of halogens is 10. The molecule has 0 aliphatic heterocycles. The van der Waals surface area contributed by atoms with E-state index in [-0.39, 0.29) is 11.1 Å². The van der Waals surface area contributed by atoms with Crippen molar-refractivity contribution in [2.45, 2.75) is 18.0 Å². The minimum Gasteiger partial charge on any atom is -0.256 e. The van der Waals surface area contributed by atoms with Crippen molar-refractivity contribution in [3.8, 4) is 11.3 Å². The Labute approximate surface area is 139 Å². The predicted octanol–water partition coefficient (Wildman–Crippen LogP) is 5.97. The Kier molecular flexibility index (Phi) is 4.71. The molecule has 0 aliphatic carbocycles. The van der Waals surface area contributed by atoms with E-state index in [1.54, 1.807) is 0 Å². The molecule has 0 N–H and O–H groups in total. The van der Waals surface area contributed by atoms with Crippen LogP contribution in [-0.4, -0.2) is 17.3 Å². The summed E-state index contributed by atoms with van der Waals surface area (Å²) in [6, 6.07) is 2.71. The molecule has 0 radical (unpaired) electrons. The van der Waals surface area contributed by atoms with Crippen molar-refractivity contribution >= 4 is 11.6 Å². The Balaban J connectivity index is 2.84. The van der Waals surface area contributed by atoms with Crippen LogP contribution in [0.2, 0.25) is 5.02 Å². The highest BCUT2D eigenvalue weighted by molar-refractivity contribution is 6.30. The van der Waals surface area contributed by atoms with Crippen LogP contribution in [0.5, 0.6) is 0 Å². The molecular formula is C14H5ClF9N. The molecule has 0 atom stereocenters. The van der Waals surface area contributed by atoms with Crippen LogP contribution < -0.4 is 0 Å². The van der Waals surface area contributed by atoms with Crippen molar-refractivity contribution in [3.63, 3.8) is 0 Å². The third-order valence-corrected chi connectivity index (χ3v) is 3.45. The average Bonchev–Trinajstić information content (AvgIpc) is 2.44. The number of benzene rings is 1. The molecule has 0 amide bonds. The molecule has 2 rings (SSSR count). The first-order valence-electron chi connectivity index (χ1n) is 6.23. The number of pyridine rings is 1. The lowest BCUT2D eigenvalue weighted by atomic mass is 9.90. The Bertz CT molecular complexity index is 784. The minimum absolute atomic E-state index is 0.0755. The number of hydrogen-bond donors (Lipinski definition) is 0. The zero-order valence-electron chi connectivity index (χ0n) is 11.6. The maximum absolute atomic E-state index is 14.3. The number of nitrogens with zero attached hydrogens (tertiary/aromatic N) is 1. The number of rotatable bonds is 2. The highest BCUT2D eigenvalue weighted by Crippen LogP contribution is 2.55. The average molecular weight is 394 g/mol. The van der Waals surface area contributed by atoms with Gasteiger partial charge in [-0.15, -0.1) is 0 Å². The van der Waals surface area contributed by atoms with Gasteiger partial charge in [0.2, 0.25) is 0 Å². The summed E-state index contributed by atoms with van der Waals surface area (Å²) in [4.78, 5) is 3.52. The number of aromatic nitrogens is 1. The van der Waals surface area contributed by atoms with Gasteiger partial charge in [-0.05, 0) is 24.3 Å². The van der Waals surface area contributed by atoms with Crippen molar-refractivity contribution in [1.82, 2.24) is 4.98 Å². The monoisotopic (exact) mass is 393 g/mol. The quantitative estimate of drug-likeness (QED) is 0.573. The number of alkyl halides is 7. The zero-order valence-corrected chi connectivity index (χ0v) is 12.4. The fourth-order valence-electron chi connectivity index (χ4n) is 2.06. The van der Waals surface area contributed by atoms with Gasteiger partial charge in [0.25, 0.3) is 0 Å². The lowest BCUT2D eigenvalue weighted by Gasteiger charge is -2.31. The Morgan fingerprint density at radius 1 is 0.840 bits per heavy atom. The molecule has 1 nitrogen and oxygen atoms in total. The van der Waals surface area contributed by atoms with Crippen LogP contribution in [0.3, 0.4) is 0 Å². The van der Waals surface area contributed by atoms with Gasteiger partial charge in [-0.3, -0.25) is 4.98 Å². The molecule has 25 heavy (non-hydrogen) atoms. The van der Waals surface area contributed by atoms with E-state index >= 15 is 0 Å². The highest BCUT2D eigenvalue weighted by atomic mass is 35.5. The molecule has 0 aliphatic rings. The smallest absolute Gasteiger partial charge is 0.256 e. The van der Waals surface area contributed by atoms with Crippen LogP contribution in [-0.2, 0) is 5.67 Å². The van der Waals surface area contributed by atoms with E-state index in [0.29, 0.717) is 6.07 Å². The van der Waals surface area contributed by atoms with Crippen LogP contribution in [0.15, 0.2) is 30.5 Å². The van der Waals surface area contributed by atoms with E-state index in [9.17, 15) is 39.5 Å². The van der Waals surface area contributed by atoms with Crippen molar-refractivity contribution in [1.29, 1.82) is 0 Å². The molecule has 1 aromatic heterocycles. The van der Waals surface area contributed by atoms with Crippen LogP contribution in [0.1, 0.15) is 5.56 Å². The van der Waals surface area contributed by atoms with Crippen molar-refractivity contribution < 1.29 is 39.5 Å². The lowest BCUT2D eigenvalue weighted by Crippen LogP contribution is -2.51. The van der Waals surface area contributed by atoms with Crippen molar-refractivity contribution in [2.75, 3.05) is 0 Å². The summed E-state index contributed by atoms with van der Waals surface area (Å²) < 4.78 is 119. The Hall–Kier alpha value is -1.97. The van der Waals surface area contributed by atoms with Gasteiger partial charge in [0.05, 0.1) is 11.3 Å². The maximum Gasteiger partial charge on any atom is 0.436 e. The molecule has 11 heteroatoms. The zero-order chi connectivity index (χ0) is 19.2. The van der Waals surface area contributed by atoms with Gasteiger partial charge in [-0.1, -0.05) is 11.6 Å². The maximum atomic E-state index is 14.3. The van der Waals surface area contributed by atoms with Gasteiger partial charge < -0.3 is 0 Å².